The standard InChI is InChI=1S/C20H15N7O3S/c1-9-2-4-11(24-20(28)29)7-12(9)17-26-18(30-27-17)15-16(21)25-19(31-15)10-3-5-13-14(6-10)23-8-22-13/h2-8,24H,21H2,1H3,(H,22,23)(H,28,29). The Hall–Kier alpha value is -4.25. The first-order chi connectivity index (χ1) is 15.0. The van der Waals surface area contributed by atoms with Gasteiger partial charge in [-0.25, -0.2) is 14.8 Å². The van der Waals surface area contributed by atoms with Crippen molar-refractivity contribution >= 4 is 40.0 Å². The van der Waals surface area contributed by atoms with Crippen LogP contribution in [0.3, 0.4) is 0 Å². The average molecular weight is 433 g/mol. The molecule has 0 bridgehead atoms. The zero-order chi connectivity index (χ0) is 21.5. The number of amides is 1. The van der Waals surface area contributed by atoms with E-state index < -0.39 is 6.09 Å². The van der Waals surface area contributed by atoms with Crippen molar-refractivity contribution in [3.05, 3.63) is 48.3 Å². The second-order valence-corrected chi connectivity index (χ2v) is 7.75. The highest BCUT2D eigenvalue weighted by Gasteiger charge is 2.20. The van der Waals surface area contributed by atoms with Crippen molar-refractivity contribution < 1.29 is 14.4 Å². The number of nitrogens with zero attached hydrogens (tertiary/aromatic N) is 4. The summed E-state index contributed by atoms with van der Waals surface area (Å²) < 4.78 is 5.45. The van der Waals surface area contributed by atoms with Gasteiger partial charge in [-0.15, -0.1) is 11.3 Å². The minimum absolute atomic E-state index is 0.245. The zero-order valence-corrected chi connectivity index (χ0v) is 16.9. The molecule has 0 aliphatic heterocycles. The summed E-state index contributed by atoms with van der Waals surface area (Å²) in [6, 6.07) is 10.9. The fourth-order valence-electron chi connectivity index (χ4n) is 3.17. The van der Waals surface area contributed by atoms with Gasteiger partial charge in [0.05, 0.1) is 17.4 Å². The van der Waals surface area contributed by atoms with Gasteiger partial charge in [-0.05, 0) is 42.8 Å². The first-order valence-electron chi connectivity index (χ1n) is 9.13. The number of hydrogen-bond acceptors (Lipinski definition) is 8. The van der Waals surface area contributed by atoms with Crippen molar-refractivity contribution in [3.63, 3.8) is 0 Å². The van der Waals surface area contributed by atoms with Gasteiger partial charge < -0.3 is 20.3 Å². The van der Waals surface area contributed by atoms with Crippen LogP contribution in [0.5, 0.6) is 0 Å². The number of aromatic nitrogens is 5. The van der Waals surface area contributed by atoms with Crippen molar-refractivity contribution in [2.45, 2.75) is 6.92 Å². The Balaban J connectivity index is 1.50. The number of anilines is 2. The number of H-pyrrole nitrogens is 1. The fourth-order valence-corrected chi connectivity index (χ4v) is 4.07. The van der Waals surface area contributed by atoms with E-state index in [0.29, 0.717) is 27.0 Å². The molecule has 1 amide bonds. The summed E-state index contributed by atoms with van der Waals surface area (Å²) in [5.74, 6) is 0.863. The lowest BCUT2D eigenvalue weighted by molar-refractivity contribution is 0.210. The Labute approximate surface area is 178 Å². The lowest BCUT2D eigenvalue weighted by Gasteiger charge is -2.05. The molecule has 0 spiro atoms. The number of nitrogens with two attached hydrogens (primary N) is 1. The lowest BCUT2D eigenvalue weighted by atomic mass is 10.1. The molecule has 5 rings (SSSR count). The highest BCUT2D eigenvalue weighted by Crippen LogP contribution is 2.38. The van der Waals surface area contributed by atoms with Crippen LogP contribution in [0, 0.1) is 6.92 Å². The van der Waals surface area contributed by atoms with Crippen molar-refractivity contribution in [2.24, 2.45) is 0 Å². The SMILES string of the molecule is Cc1ccc(NC(=O)O)cc1-c1noc(-c2sc(-c3ccc4nc[nH]c4c3)nc2N)n1. The largest absolute Gasteiger partial charge is 0.465 e. The van der Waals surface area contributed by atoms with E-state index in [1.54, 1.807) is 24.5 Å². The van der Waals surface area contributed by atoms with Gasteiger partial charge in [0.15, 0.2) is 0 Å². The van der Waals surface area contributed by atoms with E-state index in [9.17, 15) is 4.79 Å². The van der Waals surface area contributed by atoms with E-state index in [-0.39, 0.29) is 11.7 Å². The highest BCUT2D eigenvalue weighted by atomic mass is 32.1. The Morgan fingerprint density at radius 3 is 2.94 bits per heavy atom. The number of benzene rings is 2. The first kappa shape index (κ1) is 18.8. The number of rotatable bonds is 4. The normalized spacial score (nSPS) is 11.1. The molecule has 0 aliphatic carbocycles. The van der Waals surface area contributed by atoms with Crippen LogP contribution >= 0.6 is 11.3 Å². The smallest absolute Gasteiger partial charge is 0.409 e. The Kier molecular flexibility index (Phi) is 4.37. The van der Waals surface area contributed by atoms with Crippen LogP contribution < -0.4 is 11.1 Å². The minimum atomic E-state index is -1.15. The third-order valence-electron chi connectivity index (χ3n) is 4.67. The summed E-state index contributed by atoms with van der Waals surface area (Å²) >= 11 is 1.34. The van der Waals surface area contributed by atoms with Gasteiger partial charge >= 0.3 is 6.09 Å². The van der Waals surface area contributed by atoms with E-state index in [2.05, 4.69) is 30.4 Å². The summed E-state index contributed by atoms with van der Waals surface area (Å²) in [6.07, 6.45) is 0.487. The molecule has 0 aliphatic rings. The van der Waals surface area contributed by atoms with Gasteiger partial charge in [0.25, 0.3) is 5.89 Å². The summed E-state index contributed by atoms with van der Waals surface area (Å²) in [7, 11) is 0. The van der Waals surface area contributed by atoms with E-state index in [1.807, 2.05) is 25.1 Å². The van der Waals surface area contributed by atoms with Gasteiger partial charge in [-0.3, -0.25) is 5.32 Å². The zero-order valence-electron chi connectivity index (χ0n) is 16.1. The maximum Gasteiger partial charge on any atom is 0.409 e. The van der Waals surface area contributed by atoms with E-state index in [1.165, 1.54) is 11.3 Å². The number of hydrogen-bond donors (Lipinski definition) is 4. The van der Waals surface area contributed by atoms with Crippen LogP contribution in [0.4, 0.5) is 16.3 Å². The number of aromatic amines is 1. The Morgan fingerprint density at radius 2 is 2.10 bits per heavy atom. The molecule has 0 saturated carbocycles. The maximum absolute atomic E-state index is 10.9. The molecule has 5 N–H and O–H groups in total. The molecule has 0 saturated heterocycles. The number of fused-ring (bicyclic) bond motifs is 1. The molecule has 0 unspecified atom stereocenters. The minimum Gasteiger partial charge on any atom is -0.465 e. The maximum atomic E-state index is 10.9. The van der Waals surface area contributed by atoms with Crippen LogP contribution in [0.15, 0.2) is 47.2 Å². The van der Waals surface area contributed by atoms with E-state index in [0.717, 1.165) is 22.2 Å². The van der Waals surface area contributed by atoms with Gasteiger partial charge in [0.1, 0.15) is 15.7 Å². The quantitative estimate of drug-likeness (QED) is 0.325. The molecule has 3 aromatic heterocycles. The summed E-state index contributed by atoms with van der Waals surface area (Å²) in [5, 5.41) is 16.0. The van der Waals surface area contributed by atoms with Crippen molar-refractivity contribution in [3.8, 4) is 32.7 Å². The molecular formula is C20H15N7O3S. The average Bonchev–Trinajstić information content (AvgIpc) is 3.47. The van der Waals surface area contributed by atoms with Crippen LogP contribution in [0.1, 0.15) is 5.56 Å². The molecule has 0 radical (unpaired) electrons. The predicted molar refractivity (Wildman–Crippen MR) is 117 cm³/mol. The van der Waals surface area contributed by atoms with Crippen molar-refractivity contribution in [1.82, 2.24) is 25.1 Å². The number of aryl methyl sites for hydroxylation is 1. The van der Waals surface area contributed by atoms with Crippen molar-refractivity contribution in [2.75, 3.05) is 11.1 Å². The fraction of sp³-hybridized carbons (Fsp3) is 0.0500. The topological polar surface area (TPSA) is 156 Å². The van der Waals surface area contributed by atoms with Gasteiger partial charge in [0.2, 0.25) is 5.82 Å². The van der Waals surface area contributed by atoms with Crippen LogP contribution in [-0.2, 0) is 0 Å². The van der Waals surface area contributed by atoms with E-state index >= 15 is 0 Å². The third kappa shape index (κ3) is 3.46. The van der Waals surface area contributed by atoms with Crippen LogP contribution in [0.25, 0.3) is 43.8 Å². The third-order valence-corrected chi connectivity index (χ3v) is 5.78. The first-order valence-corrected chi connectivity index (χ1v) is 9.94. The molecule has 0 atom stereocenters. The highest BCUT2D eigenvalue weighted by molar-refractivity contribution is 7.18. The van der Waals surface area contributed by atoms with E-state index in [4.69, 9.17) is 15.4 Å². The molecule has 3 heterocycles. The summed E-state index contributed by atoms with van der Waals surface area (Å²) in [4.78, 5) is 27.7. The summed E-state index contributed by atoms with van der Waals surface area (Å²) in [5.41, 5.74) is 10.7. The molecule has 154 valence electrons. The van der Waals surface area contributed by atoms with Gasteiger partial charge in [-0.1, -0.05) is 11.2 Å². The molecule has 11 heteroatoms. The van der Waals surface area contributed by atoms with Crippen LogP contribution in [0.2, 0.25) is 0 Å². The van der Waals surface area contributed by atoms with Crippen molar-refractivity contribution in [1.29, 1.82) is 0 Å². The molecule has 31 heavy (non-hydrogen) atoms. The number of carbonyl (C=O) groups is 1. The predicted octanol–water partition coefficient (Wildman–Crippen LogP) is 4.38. The monoisotopic (exact) mass is 433 g/mol. The number of carboxylic acid groups (broad SMARTS) is 1. The second-order valence-electron chi connectivity index (χ2n) is 6.75. The molecule has 5 aromatic rings. The van der Waals surface area contributed by atoms with Gasteiger partial charge in [0, 0.05) is 16.8 Å². The molecule has 10 nitrogen and oxygen atoms in total. The Morgan fingerprint density at radius 1 is 1.23 bits per heavy atom. The second kappa shape index (κ2) is 7.22. The van der Waals surface area contributed by atoms with Gasteiger partial charge in [-0.2, -0.15) is 4.98 Å². The molecular weight excluding hydrogens is 418 g/mol. The lowest BCUT2D eigenvalue weighted by Crippen LogP contribution is -2.07. The molecule has 2 aromatic carbocycles. The summed E-state index contributed by atoms with van der Waals surface area (Å²) in [6.45, 7) is 1.88. The molecule has 0 fully saturated rings. The van der Waals surface area contributed by atoms with Crippen LogP contribution in [-0.4, -0.2) is 36.3 Å². The Bertz CT molecular complexity index is 1440. The number of imidazole rings is 1. The number of nitrogen functional groups attached to an aromatic ring is 1. The number of thiazole rings is 1. The number of nitrogens with one attached hydrogen (secondary N) is 2.